The minimum Gasteiger partial charge on any atom is -0.370 e. The number of nitrogens with one attached hydrogen (secondary N) is 1. The fraction of sp³-hybridized carbons (Fsp3) is 0.500. The van der Waals surface area contributed by atoms with E-state index in [1.54, 1.807) is 0 Å². The van der Waals surface area contributed by atoms with Crippen LogP contribution in [0, 0.1) is 0 Å². The molecule has 3 heteroatoms. The molecule has 0 aromatic carbocycles. The molecule has 3 nitrogen and oxygen atoms in total. The summed E-state index contributed by atoms with van der Waals surface area (Å²) in [6.45, 7) is 12.0. The lowest BCUT2D eigenvalue weighted by Gasteiger charge is -2.22. The van der Waals surface area contributed by atoms with Crippen molar-refractivity contribution >= 4 is 5.69 Å². The first-order valence-electron chi connectivity index (χ1n) is 6.02. The molecule has 0 fully saturated rings. The Hall–Kier alpha value is -1.35. The van der Waals surface area contributed by atoms with E-state index in [0.717, 1.165) is 18.7 Å². The van der Waals surface area contributed by atoms with Crippen LogP contribution in [0.5, 0.6) is 0 Å². The molecule has 0 saturated carbocycles. The molecule has 0 aliphatic heterocycles. The number of anilines is 1. The Labute approximate surface area is 105 Å². The third-order valence-corrected chi connectivity index (χ3v) is 2.50. The average molecular weight is 233 g/mol. The first-order valence-corrected chi connectivity index (χ1v) is 6.02. The van der Waals surface area contributed by atoms with Gasteiger partial charge in [0, 0.05) is 49.8 Å². The molecule has 0 aliphatic carbocycles. The van der Waals surface area contributed by atoms with E-state index in [2.05, 4.69) is 48.7 Å². The van der Waals surface area contributed by atoms with Gasteiger partial charge in [-0.05, 0) is 13.0 Å². The second kappa shape index (κ2) is 6.40. The normalized spacial score (nSPS) is 10.6. The van der Waals surface area contributed by atoms with Gasteiger partial charge >= 0.3 is 0 Å². The molecular formula is C14H23N3. The number of aromatic nitrogens is 1. The Balaban J connectivity index is 2.79. The van der Waals surface area contributed by atoms with Crippen molar-refractivity contribution in [2.75, 3.05) is 18.5 Å². The molecule has 0 radical (unpaired) electrons. The number of pyridine rings is 1. The summed E-state index contributed by atoms with van der Waals surface area (Å²) in [6, 6.07) is 2.54. The van der Waals surface area contributed by atoms with Crippen molar-refractivity contribution in [2.24, 2.45) is 0 Å². The van der Waals surface area contributed by atoms with E-state index in [1.807, 2.05) is 19.3 Å². The van der Waals surface area contributed by atoms with Crippen LogP contribution in [0.25, 0.3) is 0 Å². The second-order valence-corrected chi connectivity index (χ2v) is 4.85. The highest BCUT2D eigenvalue weighted by Gasteiger charge is 2.07. The van der Waals surface area contributed by atoms with Crippen LogP contribution in [0.15, 0.2) is 30.6 Å². The number of likely N-dealkylation sites (N-methyl/N-ethyl adjacent to an activating group) is 1. The summed E-state index contributed by atoms with van der Waals surface area (Å²) in [5.74, 6) is 0. The Morgan fingerprint density at radius 1 is 1.53 bits per heavy atom. The maximum atomic E-state index is 4.20. The lowest BCUT2D eigenvalue weighted by atomic mass is 10.2. The van der Waals surface area contributed by atoms with Crippen molar-refractivity contribution in [3.63, 3.8) is 0 Å². The minimum atomic E-state index is 0.481. The molecular weight excluding hydrogens is 210 g/mol. The van der Waals surface area contributed by atoms with Gasteiger partial charge in [0.1, 0.15) is 0 Å². The molecule has 0 spiro atoms. The summed E-state index contributed by atoms with van der Waals surface area (Å²) < 4.78 is 0. The van der Waals surface area contributed by atoms with E-state index in [4.69, 9.17) is 0 Å². The zero-order chi connectivity index (χ0) is 12.8. The largest absolute Gasteiger partial charge is 0.370 e. The highest BCUT2D eigenvalue weighted by Crippen LogP contribution is 2.18. The van der Waals surface area contributed by atoms with Gasteiger partial charge in [-0.2, -0.15) is 0 Å². The molecule has 94 valence electrons. The van der Waals surface area contributed by atoms with Crippen LogP contribution >= 0.6 is 0 Å². The van der Waals surface area contributed by atoms with Gasteiger partial charge in [0.15, 0.2) is 0 Å². The van der Waals surface area contributed by atoms with Crippen LogP contribution in [0.2, 0.25) is 0 Å². The fourth-order valence-electron chi connectivity index (χ4n) is 1.73. The third kappa shape index (κ3) is 4.57. The quantitative estimate of drug-likeness (QED) is 0.765. The Morgan fingerprint density at radius 3 is 2.82 bits per heavy atom. The van der Waals surface area contributed by atoms with Crippen molar-refractivity contribution in [2.45, 2.75) is 33.4 Å². The van der Waals surface area contributed by atoms with Crippen molar-refractivity contribution in [1.82, 2.24) is 10.3 Å². The fourth-order valence-corrected chi connectivity index (χ4v) is 1.73. The Morgan fingerprint density at radius 2 is 2.24 bits per heavy atom. The molecule has 17 heavy (non-hydrogen) atoms. The number of nitrogens with zero attached hydrogens (tertiary/aromatic N) is 2. The molecule has 1 aromatic heterocycles. The van der Waals surface area contributed by atoms with Crippen molar-refractivity contribution in [3.8, 4) is 0 Å². The Bertz CT molecular complexity index is 371. The van der Waals surface area contributed by atoms with Crippen molar-refractivity contribution in [3.05, 3.63) is 36.2 Å². The van der Waals surface area contributed by atoms with E-state index < -0.39 is 0 Å². The van der Waals surface area contributed by atoms with Gasteiger partial charge < -0.3 is 10.2 Å². The lowest BCUT2D eigenvalue weighted by Crippen LogP contribution is -2.25. The molecule has 1 rings (SSSR count). The predicted octanol–water partition coefficient (Wildman–Crippen LogP) is 2.59. The molecule has 0 saturated heterocycles. The molecule has 1 aromatic rings. The van der Waals surface area contributed by atoms with E-state index in [9.17, 15) is 0 Å². The predicted molar refractivity (Wildman–Crippen MR) is 74.3 cm³/mol. The molecule has 0 amide bonds. The summed E-state index contributed by atoms with van der Waals surface area (Å²) in [5.41, 5.74) is 3.60. The van der Waals surface area contributed by atoms with Crippen LogP contribution < -0.4 is 10.2 Å². The van der Waals surface area contributed by atoms with Gasteiger partial charge in [-0.15, -0.1) is 0 Å². The molecule has 0 atom stereocenters. The molecule has 0 aliphatic rings. The van der Waals surface area contributed by atoms with Gasteiger partial charge in [0.2, 0.25) is 0 Å². The van der Waals surface area contributed by atoms with Gasteiger partial charge in [0.05, 0.1) is 0 Å². The second-order valence-electron chi connectivity index (χ2n) is 4.85. The van der Waals surface area contributed by atoms with Crippen LogP contribution in [0.1, 0.15) is 26.3 Å². The van der Waals surface area contributed by atoms with Gasteiger partial charge in [-0.3, -0.25) is 4.98 Å². The molecule has 0 unspecified atom stereocenters. The average Bonchev–Trinajstić information content (AvgIpc) is 2.25. The minimum absolute atomic E-state index is 0.481. The molecule has 0 bridgehead atoms. The van der Waals surface area contributed by atoms with Crippen LogP contribution in [-0.2, 0) is 6.54 Å². The summed E-state index contributed by atoms with van der Waals surface area (Å²) in [7, 11) is 2.09. The summed E-state index contributed by atoms with van der Waals surface area (Å²) in [6.07, 6.45) is 3.77. The van der Waals surface area contributed by atoms with Gasteiger partial charge in [0.25, 0.3) is 0 Å². The highest BCUT2D eigenvalue weighted by molar-refractivity contribution is 5.52. The summed E-state index contributed by atoms with van der Waals surface area (Å²) >= 11 is 0. The number of hydrogen-bond donors (Lipinski definition) is 1. The number of rotatable bonds is 6. The van der Waals surface area contributed by atoms with Crippen LogP contribution in [-0.4, -0.2) is 24.6 Å². The first kappa shape index (κ1) is 13.7. The van der Waals surface area contributed by atoms with Crippen LogP contribution in [0.4, 0.5) is 5.69 Å². The maximum Gasteiger partial charge on any atom is 0.0443 e. The topological polar surface area (TPSA) is 28.2 Å². The van der Waals surface area contributed by atoms with Crippen molar-refractivity contribution in [1.29, 1.82) is 0 Å². The van der Waals surface area contributed by atoms with Crippen LogP contribution in [0.3, 0.4) is 0 Å². The SMILES string of the molecule is C=C(C)CN(C)c1ccncc1CNC(C)C. The van der Waals surface area contributed by atoms with E-state index >= 15 is 0 Å². The monoisotopic (exact) mass is 233 g/mol. The molecule has 1 heterocycles. The molecule has 1 N–H and O–H groups in total. The summed E-state index contributed by atoms with van der Waals surface area (Å²) in [5, 5.41) is 3.42. The lowest BCUT2D eigenvalue weighted by molar-refractivity contribution is 0.587. The van der Waals surface area contributed by atoms with E-state index in [1.165, 1.54) is 11.3 Å². The van der Waals surface area contributed by atoms with E-state index in [-0.39, 0.29) is 0 Å². The zero-order valence-corrected chi connectivity index (χ0v) is 11.3. The maximum absolute atomic E-state index is 4.20. The highest BCUT2D eigenvalue weighted by atomic mass is 15.1. The zero-order valence-electron chi connectivity index (χ0n) is 11.3. The first-order chi connectivity index (χ1) is 8.00. The summed E-state index contributed by atoms with van der Waals surface area (Å²) in [4.78, 5) is 6.41. The third-order valence-electron chi connectivity index (χ3n) is 2.50. The van der Waals surface area contributed by atoms with Gasteiger partial charge in [-0.1, -0.05) is 26.0 Å². The smallest absolute Gasteiger partial charge is 0.0443 e. The Kier molecular flexibility index (Phi) is 5.16. The van der Waals surface area contributed by atoms with E-state index in [0.29, 0.717) is 6.04 Å². The standard InChI is InChI=1S/C14H23N3/c1-11(2)10-17(5)14-6-7-15-8-13(14)9-16-12(3)4/h6-8,12,16H,1,9-10H2,2-5H3. The number of hydrogen-bond acceptors (Lipinski definition) is 3. The van der Waals surface area contributed by atoms with Gasteiger partial charge in [-0.25, -0.2) is 0 Å². The van der Waals surface area contributed by atoms with Crippen molar-refractivity contribution < 1.29 is 0 Å².